The quantitative estimate of drug-likeness (QED) is 0.210. The van der Waals surface area contributed by atoms with Crippen LogP contribution < -0.4 is 25.6 Å². The number of methoxy groups -OCH3 is 1. The Labute approximate surface area is 230 Å². The lowest BCUT2D eigenvalue weighted by molar-refractivity contribution is 0.414. The van der Waals surface area contributed by atoms with Gasteiger partial charge < -0.3 is 15.8 Å². The Balaban J connectivity index is 1.68. The van der Waals surface area contributed by atoms with Crippen LogP contribution in [0.1, 0.15) is 12.0 Å². The van der Waals surface area contributed by atoms with Crippen LogP contribution in [0.25, 0.3) is 22.5 Å². The highest BCUT2D eigenvalue weighted by molar-refractivity contribution is 7.92. The number of hydrogen-bond acceptors (Lipinski definition) is 11. The Hall–Kier alpha value is -3.96. The Kier molecular flexibility index (Phi) is 7.52. The number of nitrogen functional groups attached to an aromatic ring is 1. The molecular formula is C24H27N9O5S2. The van der Waals surface area contributed by atoms with Gasteiger partial charge in [0.1, 0.15) is 15.5 Å². The lowest BCUT2D eigenvalue weighted by Gasteiger charge is -2.18. The van der Waals surface area contributed by atoms with Crippen molar-refractivity contribution >= 4 is 25.7 Å². The largest absolute Gasteiger partial charge is 0.497 e. The summed E-state index contributed by atoms with van der Waals surface area (Å²) in [5.74, 6) is 0.531. The van der Waals surface area contributed by atoms with Crippen LogP contribution >= 0.6 is 0 Å². The summed E-state index contributed by atoms with van der Waals surface area (Å²) in [6.07, 6.45) is 3.43. The van der Waals surface area contributed by atoms with Crippen LogP contribution in [0.3, 0.4) is 0 Å². The molecule has 210 valence electrons. The third-order valence-corrected chi connectivity index (χ3v) is 8.99. The fraction of sp³-hybridized carbons (Fsp3) is 0.250. The van der Waals surface area contributed by atoms with E-state index < -0.39 is 35.9 Å². The minimum absolute atomic E-state index is 0.136. The second kappa shape index (κ2) is 10.9. The first kappa shape index (κ1) is 27.6. The molecule has 0 saturated carbocycles. The number of hydrogen-bond donors (Lipinski definition) is 4. The molecule has 1 aliphatic heterocycles. The monoisotopic (exact) mass is 585 g/mol. The topological polar surface area (TPSA) is 210 Å². The summed E-state index contributed by atoms with van der Waals surface area (Å²) in [5.41, 5.74) is 7.60. The van der Waals surface area contributed by atoms with Gasteiger partial charge in [0.15, 0.2) is 0 Å². The summed E-state index contributed by atoms with van der Waals surface area (Å²) in [6.45, 7) is 1.24. The van der Waals surface area contributed by atoms with Crippen LogP contribution in [-0.4, -0.2) is 68.3 Å². The molecular weight excluding hydrogens is 558 g/mol. The van der Waals surface area contributed by atoms with E-state index >= 15 is 0 Å². The molecule has 5 rings (SSSR count). The van der Waals surface area contributed by atoms with E-state index in [1.807, 2.05) is 12.1 Å². The van der Waals surface area contributed by atoms with Gasteiger partial charge in [-0.15, -0.1) is 10.2 Å². The van der Waals surface area contributed by atoms with Gasteiger partial charge in [-0.2, -0.15) is 4.80 Å². The SMILES string of the molecule is COc1ccc(Cn2nnc(-c3c(-c4cncc(N)c4)ccc(S(=O)(=O)N[C@@H]4CCNC4)c3S(N)(=O)=O)n2)cc1. The zero-order chi connectivity index (χ0) is 28.5. The third-order valence-electron chi connectivity index (χ3n) is 6.31. The van der Waals surface area contributed by atoms with Crippen molar-refractivity contribution in [1.82, 2.24) is 35.2 Å². The van der Waals surface area contributed by atoms with E-state index in [9.17, 15) is 16.8 Å². The third kappa shape index (κ3) is 5.80. The number of anilines is 1. The molecule has 14 nitrogen and oxygen atoms in total. The van der Waals surface area contributed by atoms with Gasteiger partial charge in [-0.05, 0) is 53.6 Å². The molecule has 0 amide bonds. The summed E-state index contributed by atoms with van der Waals surface area (Å²) in [6, 6.07) is 11.0. The van der Waals surface area contributed by atoms with Gasteiger partial charge in [-0.1, -0.05) is 18.2 Å². The maximum Gasteiger partial charge on any atom is 0.242 e. The van der Waals surface area contributed by atoms with Crippen LogP contribution in [0.4, 0.5) is 5.69 Å². The van der Waals surface area contributed by atoms with E-state index in [-0.39, 0.29) is 23.5 Å². The predicted octanol–water partition coefficient (Wildman–Crippen LogP) is 0.329. The molecule has 1 saturated heterocycles. The Morgan fingerprint density at radius 3 is 2.55 bits per heavy atom. The zero-order valence-corrected chi connectivity index (χ0v) is 23.0. The first-order valence-electron chi connectivity index (χ1n) is 12.1. The van der Waals surface area contributed by atoms with Gasteiger partial charge in [0.05, 0.1) is 24.9 Å². The van der Waals surface area contributed by atoms with E-state index in [4.69, 9.17) is 15.6 Å². The van der Waals surface area contributed by atoms with Crippen molar-refractivity contribution in [3.8, 4) is 28.3 Å². The molecule has 4 aromatic rings. The fourth-order valence-corrected chi connectivity index (χ4v) is 7.34. The summed E-state index contributed by atoms with van der Waals surface area (Å²) in [4.78, 5) is 4.16. The molecule has 3 heterocycles. The van der Waals surface area contributed by atoms with Crippen LogP contribution in [-0.2, 0) is 26.6 Å². The summed E-state index contributed by atoms with van der Waals surface area (Å²) >= 11 is 0. The number of tetrazole rings is 1. The van der Waals surface area contributed by atoms with E-state index in [1.165, 1.54) is 29.3 Å². The predicted molar refractivity (Wildman–Crippen MR) is 146 cm³/mol. The number of primary sulfonamides is 1. The number of nitrogens with one attached hydrogen (secondary N) is 2. The van der Waals surface area contributed by atoms with Crippen molar-refractivity contribution in [2.45, 2.75) is 28.8 Å². The Morgan fingerprint density at radius 1 is 1.12 bits per heavy atom. The van der Waals surface area contributed by atoms with Crippen molar-refractivity contribution in [3.63, 3.8) is 0 Å². The molecule has 40 heavy (non-hydrogen) atoms. The Morgan fingerprint density at radius 2 is 1.90 bits per heavy atom. The molecule has 1 aliphatic rings. The van der Waals surface area contributed by atoms with Crippen molar-refractivity contribution in [1.29, 1.82) is 0 Å². The molecule has 1 atom stereocenters. The number of pyridine rings is 1. The van der Waals surface area contributed by atoms with Crippen molar-refractivity contribution < 1.29 is 21.6 Å². The highest BCUT2D eigenvalue weighted by Gasteiger charge is 2.34. The average molecular weight is 586 g/mol. The molecule has 0 spiro atoms. The molecule has 0 radical (unpaired) electrons. The molecule has 2 aromatic heterocycles. The summed E-state index contributed by atoms with van der Waals surface area (Å²) in [5, 5.41) is 21.3. The molecule has 16 heteroatoms. The Bertz CT molecular complexity index is 1750. The van der Waals surface area contributed by atoms with Gasteiger partial charge in [0.2, 0.25) is 25.9 Å². The van der Waals surface area contributed by atoms with E-state index in [0.717, 1.165) is 5.56 Å². The number of aromatic nitrogens is 5. The van der Waals surface area contributed by atoms with Crippen molar-refractivity contribution in [2.24, 2.45) is 5.14 Å². The second-order valence-corrected chi connectivity index (χ2v) is 12.4. The minimum Gasteiger partial charge on any atom is -0.497 e. The molecule has 1 fully saturated rings. The van der Waals surface area contributed by atoms with Gasteiger partial charge in [0, 0.05) is 30.5 Å². The van der Waals surface area contributed by atoms with Crippen LogP contribution in [0.2, 0.25) is 0 Å². The maximum atomic E-state index is 13.5. The number of ether oxygens (including phenoxy) is 1. The maximum absolute atomic E-state index is 13.5. The van der Waals surface area contributed by atoms with E-state index in [1.54, 1.807) is 25.3 Å². The first-order valence-corrected chi connectivity index (χ1v) is 15.1. The van der Waals surface area contributed by atoms with Crippen LogP contribution in [0.5, 0.6) is 5.75 Å². The smallest absolute Gasteiger partial charge is 0.242 e. The number of nitrogens with two attached hydrogens (primary N) is 2. The number of sulfonamides is 2. The number of nitrogens with zero attached hydrogens (tertiary/aromatic N) is 5. The second-order valence-electron chi connectivity index (χ2n) is 9.17. The standard InChI is InChI=1S/C24H27N9O5S2/c1-38-19-4-2-15(3-5-19)14-33-30-24(29-32-33)22-20(16-10-17(25)12-28-11-16)6-7-21(23(22)39(26,34)35)40(36,37)31-18-8-9-27-13-18/h2-7,10-12,18,27,31H,8-9,13-14,25H2,1H3,(H2,26,34,35)/t18-/m1/s1. The molecule has 0 bridgehead atoms. The van der Waals surface area contributed by atoms with Gasteiger partial charge >= 0.3 is 0 Å². The normalized spacial score (nSPS) is 15.8. The van der Waals surface area contributed by atoms with E-state index in [2.05, 4.69) is 30.4 Å². The fourth-order valence-electron chi connectivity index (χ4n) is 4.47. The number of benzene rings is 2. The zero-order valence-electron chi connectivity index (χ0n) is 21.4. The molecule has 0 unspecified atom stereocenters. The minimum atomic E-state index is -4.64. The van der Waals surface area contributed by atoms with Crippen molar-refractivity contribution in [2.75, 3.05) is 25.9 Å². The molecule has 0 aliphatic carbocycles. The lowest BCUT2D eigenvalue weighted by atomic mass is 10.0. The van der Waals surface area contributed by atoms with Gasteiger partial charge in [-0.3, -0.25) is 4.98 Å². The summed E-state index contributed by atoms with van der Waals surface area (Å²) in [7, 11) is -7.41. The lowest BCUT2D eigenvalue weighted by Crippen LogP contribution is -2.37. The highest BCUT2D eigenvalue weighted by Crippen LogP contribution is 2.39. The highest BCUT2D eigenvalue weighted by atomic mass is 32.2. The van der Waals surface area contributed by atoms with Gasteiger partial charge in [-0.25, -0.2) is 26.7 Å². The average Bonchev–Trinajstić information content (AvgIpc) is 3.60. The van der Waals surface area contributed by atoms with Crippen LogP contribution in [0.15, 0.2) is 64.6 Å². The van der Waals surface area contributed by atoms with Crippen molar-refractivity contribution in [3.05, 3.63) is 60.4 Å². The van der Waals surface area contributed by atoms with Gasteiger partial charge in [0.25, 0.3) is 0 Å². The van der Waals surface area contributed by atoms with E-state index in [0.29, 0.717) is 36.5 Å². The van der Waals surface area contributed by atoms with Crippen LogP contribution in [0, 0.1) is 0 Å². The first-order chi connectivity index (χ1) is 19.0. The molecule has 2 aromatic carbocycles. The number of rotatable bonds is 9. The molecule has 6 N–H and O–H groups in total. The summed E-state index contributed by atoms with van der Waals surface area (Å²) < 4.78 is 60.9.